The van der Waals surface area contributed by atoms with Crippen molar-refractivity contribution in [1.82, 2.24) is 0 Å². The van der Waals surface area contributed by atoms with Gasteiger partial charge in [-0.2, -0.15) is 0 Å². The summed E-state index contributed by atoms with van der Waals surface area (Å²) in [5.41, 5.74) is 0. The number of halogens is 4. The Morgan fingerprint density at radius 2 is 0.636 bits per heavy atom. The van der Waals surface area contributed by atoms with Crippen LogP contribution in [-0.2, 0) is 11.9 Å². The van der Waals surface area contributed by atoms with Crippen molar-refractivity contribution in [2.24, 2.45) is 0 Å². The molecule has 0 nitrogen and oxygen atoms in total. The number of rotatable bonds is 0. The normalized spacial score (nSPS) is 11.3. The van der Waals surface area contributed by atoms with Gasteiger partial charge in [-0.25, -0.2) is 0 Å². The van der Waals surface area contributed by atoms with Crippen LogP contribution in [0.1, 0.15) is 0 Å². The monoisotopic (exact) mass is 402 g/mol. The van der Waals surface area contributed by atoms with Gasteiger partial charge in [-0.1, -0.05) is 36.4 Å². The Bertz CT molecular complexity index is 139. The molecule has 0 spiro atoms. The third-order valence-corrected chi connectivity index (χ3v) is 0.667. The van der Waals surface area contributed by atoms with Gasteiger partial charge < -0.3 is 0 Å². The first-order valence-electron chi connectivity index (χ1n) is 2.62. The maximum Gasteiger partial charge on any atom is -0.0623 e. The topological polar surface area (TPSA) is 0 Å². The standard InChI is InChI=1S/C6H6.4ClH.W/c1-2-4-6-5-3-1;;;;;/h1-6H;4*1H;/q;;;;;+4/p-4. The average molecular weight is 404 g/mol. The summed E-state index contributed by atoms with van der Waals surface area (Å²) in [6, 6.07) is 12.0. The minimum absolute atomic E-state index is 2.00. The van der Waals surface area contributed by atoms with E-state index in [-0.39, 0.29) is 0 Å². The molecule has 0 saturated heterocycles. The van der Waals surface area contributed by atoms with Crippen LogP contribution in [0, 0.1) is 0 Å². The Labute approximate surface area is 85.3 Å². The molecule has 1 aromatic rings. The number of hydrogen-bond donors (Lipinski definition) is 0. The molecule has 0 atom stereocenters. The summed E-state index contributed by atoms with van der Waals surface area (Å²) in [4.78, 5) is 0. The quantitative estimate of drug-likeness (QED) is 0.601. The van der Waals surface area contributed by atoms with Crippen LogP contribution in [0.25, 0.3) is 0 Å². The second kappa shape index (κ2) is 6.57. The van der Waals surface area contributed by atoms with Crippen molar-refractivity contribution in [3.05, 3.63) is 36.4 Å². The van der Waals surface area contributed by atoms with Crippen LogP contribution in [-0.4, -0.2) is 0 Å². The van der Waals surface area contributed by atoms with E-state index >= 15 is 0 Å². The van der Waals surface area contributed by atoms with Crippen LogP contribution < -0.4 is 0 Å². The molecule has 0 amide bonds. The third kappa shape index (κ3) is 18.2. The fourth-order valence-corrected chi connectivity index (χ4v) is 0.385. The maximum absolute atomic E-state index is 5.03. The first-order chi connectivity index (χ1) is 5.00. The van der Waals surface area contributed by atoms with Gasteiger partial charge in [0.2, 0.25) is 0 Å². The molecule has 0 unspecified atom stereocenters. The summed E-state index contributed by atoms with van der Waals surface area (Å²) in [6.45, 7) is 0. The van der Waals surface area contributed by atoms with Gasteiger partial charge in [0, 0.05) is 0 Å². The van der Waals surface area contributed by atoms with Crippen LogP contribution in [0.5, 0.6) is 0 Å². The third-order valence-electron chi connectivity index (χ3n) is 0.667. The van der Waals surface area contributed by atoms with Crippen molar-refractivity contribution in [1.29, 1.82) is 0 Å². The predicted molar refractivity (Wildman–Crippen MR) is 49.9 cm³/mol. The fraction of sp³-hybridized carbons (Fsp3) is 0. The molecule has 0 heterocycles. The van der Waals surface area contributed by atoms with Gasteiger partial charge in [-0.15, -0.1) is 0 Å². The van der Waals surface area contributed by atoms with Gasteiger partial charge in [0.15, 0.2) is 0 Å². The van der Waals surface area contributed by atoms with Gasteiger partial charge in [0.25, 0.3) is 0 Å². The Morgan fingerprint density at radius 3 is 0.727 bits per heavy atom. The van der Waals surface area contributed by atoms with E-state index in [0.717, 1.165) is 0 Å². The van der Waals surface area contributed by atoms with Crippen LogP contribution in [0.15, 0.2) is 36.4 Å². The van der Waals surface area contributed by atoms with Crippen molar-refractivity contribution in [3.8, 4) is 0 Å². The molecule has 0 aliphatic heterocycles. The molecular formula is C6H6Cl4W. The first-order valence-corrected chi connectivity index (χ1v) is 17.2. The van der Waals surface area contributed by atoms with E-state index in [4.69, 9.17) is 37.7 Å². The molecule has 0 fully saturated rings. The van der Waals surface area contributed by atoms with Gasteiger partial charge in [-0.3, -0.25) is 0 Å². The Balaban J connectivity index is 0.000000187. The first kappa shape index (κ1) is 12.1. The summed E-state index contributed by atoms with van der Waals surface area (Å²) < 4.78 is 0. The number of benzene rings is 1. The molecule has 1 rings (SSSR count). The van der Waals surface area contributed by atoms with Crippen LogP contribution in [0.3, 0.4) is 0 Å². The van der Waals surface area contributed by atoms with Crippen molar-refractivity contribution >= 4 is 37.7 Å². The van der Waals surface area contributed by atoms with Gasteiger partial charge in [0.05, 0.1) is 0 Å². The van der Waals surface area contributed by atoms with Crippen molar-refractivity contribution in [2.45, 2.75) is 0 Å². The zero-order chi connectivity index (χ0) is 8.74. The molecule has 11 heavy (non-hydrogen) atoms. The van der Waals surface area contributed by atoms with Gasteiger partial charge in [0.1, 0.15) is 0 Å². The van der Waals surface area contributed by atoms with E-state index in [9.17, 15) is 0 Å². The Hall–Kier alpha value is 1.07. The largest absolute Gasteiger partial charge is 0.0623 e. The zero-order valence-electron chi connectivity index (χ0n) is 5.38. The fourth-order valence-electron chi connectivity index (χ4n) is 0.385. The van der Waals surface area contributed by atoms with Crippen molar-refractivity contribution < 1.29 is 11.9 Å². The minimum Gasteiger partial charge on any atom is -0.0623 e. The van der Waals surface area contributed by atoms with Crippen LogP contribution in [0.4, 0.5) is 0 Å². The van der Waals surface area contributed by atoms with Crippen LogP contribution in [0.2, 0.25) is 0 Å². The molecule has 0 aromatic heterocycles. The Kier molecular flexibility index (Phi) is 7.21. The molecule has 0 bridgehead atoms. The van der Waals surface area contributed by atoms with E-state index in [0.29, 0.717) is 0 Å². The second-order valence-electron chi connectivity index (χ2n) is 1.50. The molecule has 0 saturated carbocycles. The maximum atomic E-state index is 5.03. The molecule has 0 aliphatic carbocycles. The van der Waals surface area contributed by atoms with E-state index in [1.165, 1.54) is 0 Å². The molecule has 5 heteroatoms. The smallest absolute Gasteiger partial charge is 0.0623 e. The summed E-state index contributed by atoms with van der Waals surface area (Å²) in [7, 11) is 20.1. The van der Waals surface area contributed by atoms with E-state index < -0.39 is 11.9 Å². The average Bonchev–Trinajstić information content (AvgIpc) is 1.88. The van der Waals surface area contributed by atoms with Gasteiger partial charge >= 0.3 is 49.6 Å². The minimum atomic E-state index is -3.28. The van der Waals surface area contributed by atoms with E-state index in [2.05, 4.69) is 0 Å². The number of hydrogen-bond acceptors (Lipinski definition) is 0. The second-order valence-corrected chi connectivity index (χ2v) is 26.9. The van der Waals surface area contributed by atoms with E-state index in [1.54, 1.807) is 0 Å². The molecule has 64 valence electrons. The summed E-state index contributed by atoms with van der Waals surface area (Å²) in [5.74, 6) is 0. The summed E-state index contributed by atoms with van der Waals surface area (Å²) >= 11 is -3.28. The SMILES string of the molecule is [Cl][W]([Cl])([Cl])[Cl].c1ccccc1. The van der Waals surface area contributed by atoms with Crippen molar-refractivity contribution in [2.75, 3.05) is 0 Å². The molecule has 0 radical (unpaired) electrons. The van der Waals surface area contributed by atoms with Crippen molar-refractivity contribution in [3.63, 3.8) is 0 Å². The molecule has 0 aliphatic rings. The van der Waals surface area contributed by atoms with Gasteiger partial charge in [-0.05, 0) is 0 Å². The van der Waals surface area contributed by atoms with E-state index in [1.807, 2.05) is 36.4 Å². The Morgan fingerprint density at radius 1 is 0.545 bits per heavy atom. The van der Waals surface area contributed by atoms with Crippen LogP contribution >= 0.6 is 37.7 Å². The predicted octanol–water partition coefficient (Wildman–Crippen LogP) is 4.44. The summed E-state index contributed by atoms with van der Waals surface area (Å²) in [6.07, 6.45) is 0. The zero-order valence-corrected chi connectivity index (χ0v) is 11.3. The molecular weight excluding hydrogens is 398 g/mol. The molecule has 1 aromatic carbocycles. The summed E-state index contributed by atoms with van der Waals surface area (Å²) in [5, 5.41) is 0. The molecule has 0 N–H and O–H groups in total.